The van der Waals surface area contributed by atoms with Crippen molar-refractivity contribution < 1.29 is 19.1 Å². The molecule has 0 saturated carbocycles. The molecule has 25 heavy (non-hydrogen) atoms. The SMILES string of the molecule is Cc1ccc2c(c1)NC(=O)[C@](C)(C(=O)NCC(=O)N1CCCCC1)O2. The Morgan fingerprint density at radius 3 is 2.72 bits per heavy atom. The Hall–Kier alpha value is -2.57. The van der Waals surface area contributed by atoms with Crippen molar-refractivity contribution in [2.45, 2.75) is 38.7 Å². The van der Waals surface area contributed by atoms with Gasteiger partial charge in [-0.2, -0.15) is 0 Å². The van der Waals surface area contributed by atoms with E-state index < -0.39 is 17.4 Å². The van der Waals surface area contributed by atoms with E-state index in [0.717, 1.165) is 37.9 Å². The van der Waals surface area contributed by atoms with Gasteiger partial charge in [0.1, 0.15) is 5.75 Å². The number of carbonyl (C=O) groups is 3. The van der Waals surface area contributed by atoms with Crippen LogP contribution in [-0.4, -0.2) is 47.9 Å². The molecule has 0 aliphatic carbocycles. The lowest BCUT2D eigenvalue weighted by Gasteiger charge is -2.33. The maximum atomic E-state index is 12.5. The first-order valence-corrected chi connectivity index (χ1v) is 8.57. The Morgan fingerprint density at radius 1 is 1.28 bits per heavy atom. The van der Waals surface area contributed by atoms with Crippen molar-refractivity contribution in [3.05, 3.63) is 23.8 Å². The van der Waals surface area contributed by atoms with E-state index in [1.54, 1.807) is 17.0 Å². The summed E-state index contributed by atoms with van der Waals surface area (Å²) in [6.07, 6.45) is 3.10. The largest absolute Gasteiger partial charge is 0.466 e. The van der Waals surface area contributed by atoms with Crippen LogP contribution in [-0.2, 0) is 14.4 Å². The number of anilines is 1. The zero-order valence-electron chi connectivity index (χ0n) is 14.6. The van der Waals surface area contributed by atoms with Gasteiger partial charge in [0, 0.05) is 13.1 Å². The highest BCUT2D eigenvalue weighted by molar-refractivity contribution is 6.15. The van der Waals surface area contributed by atoms with Gasteiger partial charge in [-0.25, -0.2) is 0 Å². The van der Waals surface area contributed by atoms with Crippen LogP contribution in [0.15, 0.2) is 18.2 Å². The van der Waals surface area contributed by atoms with Crippen LogP contribution in [0.1, 0.15) is 31.7 Å². The molecule has 2 aliphatic rings. The number of fused-ring (bicyclic) bond motifs is 1. The van der Waals surface area contributed by atoms with Crippen LogP contribution in [0.2, 0.25) is 0 Å². The number of ether oxygens (including phenoxy) is 1. The Bertz CT molecular complexity index is 712. The highest BCUT2D eigenvalue weighted by Crippen LogP contribution is 2.34. The standard InChI is InChI=1S/C18H23N3O4/c1-12-6-7-14-13(10-12)20-17(24)18(2,25-14)16(23)19-11-15(22)21-8-4-3-5-9-21/h6-7,10H,3-5,8-9,11H2,1-2H3,(H,19,23)(H,20,24)/t18-/m0/s1. The number of nitrogens with zero attached hydrogens (tertiary/aromatic N) is 1. The second kappa shape index (κ2) is 6.74. The number of aryl methyl sites for hydroxylation is 1. The fourth-order valence-corrected chi connectivity index (χ4v) is 3.07. The number of carbonyl (C=O) groups excluding carboxylic acids is 3. The minimum atomic E-state index is -1.70. The van der Waals surface area contributed by atoms with Crippen molar-refractivity contribution in [1.29, 1.82) is 0 Å². The smallest absolute Gasteiger partial charge is 0.278 e. The topological polar surface area (TPSA) is 87.7 Å². The number of rotatable bonds is 3. The fraction of sp³-hybridized carbons (Fsp3) is 0.500. The van der Waals surface area contributed by atoms with Crippen molar-refractivity contribution >= 4 is 23.4 Å². The number of likely N-dealkylation sites (tertiary alicyclic amines) is 1. The number of hydrogen-bond donors (Lipinski definition) is 2. The predicted molar refractivity (Wildman–Crippen MR) is 92.3 cm³/mol. The summed E-state index contributed by atoms with van der Waals surface area (Å²) in [6, 6.07) is 5.34. The molecule has 0 unspecified atom stereocenters. The van der Waals surface area contributed by atoms with Crippen molar-refractivity contribution in [2.75, 3.05) is 25.0 Å². The van der Waals surface area contributed by atoms with E-state index in [0.29, 0.717) is 11.4 Å². The van der Waals surface area contributed by atoms with Crippen molar-refractivity contribution in [3.8, 4) is 5.75 Å². The Kier molecular flexibility index (Phi) is 4.65. The predicted octanol–water partition coefficient (Wildman–Crippen LogP) is 1.21. The summed E-state index contributed by atoms with van der Waals surface area (Å²) in [7, 11) is 0. The van der Waals surface area contributed by atoms with Gasteiger partial charge in [0.2, 0.25) is 5.91 Å². The maximum absolute atomic E-state index is 12.5. The molecular weight excluding hydrogens is 322 g/mol. The molecule has 3 amide bonds. The lowest BCUT2D eigenvalue weighted by atomic mass is 10.0. The van der Waals surface area contributed by atoms with Crippen LogP contribution in [0.5, 0.6) is 5.75 Å². The number of amides is 3. The molecule has 7 heteroatoms. The van der Waals surface area contributed by atoms with Crippen LogP contribution in [0.25, 0.3) is 0 Å². The lowest BCUT2D eigenvalue weighted by molar-refractivity contribution is -0.148. The third kappa shape index (κ3) is 3.45. The summed E-state index contributed by atoms with van der Waals surface area (Å²) in [5, 5.41) is 5.25. The van der Waals surface area contributed by atoms with Crippen molar-refractivity contribution in [2.24, 2.45) is 0 Å². The molecule has 1 aromatic carbocycles. The van der Waals surface area contributed by atoms with Crippen LogP contribution >= 0.6 is 0 Å². The van der Waals surface area contributed by atoms with Crippen LogP contribution in [0.3, 0.4) is 0 Å². The van der Waals surface area contributed by atoms with E-state index in [2.05, 4.69) is 10.6 Å². The molecule has 2 heterocycles. The van der Waals surface area contributed by atoms with Crippen molar-refractivity contribution in [1.82, 2.24) is 10.2 Å². The van der Waals surface area contributed by atoms with Gasteiger partial charge >= 0.3 is 0 Å². The van der Waals surface area contributed by atoms with E-state index >= 15 is 0 Å². The molecule has 2 N–H and O–H groups in total. The third-order valence-corrected chi connectivity index (χ3v) is 4.67. The van der Waals surface area contributed by atoms with E-state index in [9.17, 15) is 14.4 Å². The maximum Gasteiger partial charge on any atom is 0.278 e. The number of benzene rings is 1. The quantitative estimate of drug-likeness (QED) is 0.806. The van der Waals surface area contributed by atoms with E-state index in [-0.39, 0.29) is 12.5 Å². The first-order valence-electron chi connectivity index (χ1n) is 8.57. The number of piperidine rings is 1. The summed E-state index contributed by atoms with van der Waals surface area (Å²) >= 11 is 0. The zero-order chi connectivity index (χ0) is 18.0. The van der Waals surface area contributed by atoms with Gasteiger partial charge in [0.15, 0.2) is 0 Å². The molecule has 1 atom stereocenters. The molecule has 7 nitrogen and oxygen atoms in total. The molecule has 1 saturated heterocycles. The Morgan fingerprint density at radius 2 is 2.00 bits per heavy atom. The summed E-state index contributed by atoms with van der Waals surface area (Å²) in [6.45, 7) is 4.61. The summed E-state index contributed by atoms with van der Waals surface area (Å²) in [5.74, 6) is -0.871. The van der Waals surface area contributed by atoms with Gasteiger partial charge < -0.3 is 20.3 Å². The monoisotopic (exact) mass is 345 g/mol. The fourth-order valence-electron chi connectivity index (χ4n) is 3.07. The normalized spacial score (nSPS) is 22.5. The van der Waals surface area contributed by atoms with Gasteiger partial charge in [0.25, 0.3) is 17.4 Å². The highest BCUT2D eigenvalue weighted by Gasteiger charge is 2.47. The van der Waals surface area contributed by atoms with Gasteiger partial charge in [-0.1, -0.05) is 6.07 Å². The summed E-state index contributed by atoms with van der Waals surface area (Å²) < 4.78 is 5.68. The van der Waals surface area contributed by atoms with E-state index in [4.69, 9.17) is 4.74 Å². The minimum Gasteiger partial charge on any atom is -0.466 e. The molecular formula is C18H23N3O4. The zero-order valence-corrected chi connectivity index (χ0v) is 14.6. The Labute approximate surface area is 146 Å². The molecule has 0 bridgehead atoms. The van der Waals surface area contributed by atoms with E-state index in [1.165, 1.54) is 6.92 Å². The molecule has 0 spiro atoms. The summed E-state index contributed by atoms with van der Waals surface area (Å²) in [4.78, 5) is 38.8. The van der Waals surface area contributed by atoms with Crippen LogP contribution in [0, 0.1) is 6.92 Å². The van der Waals surface area contributed by atoms with Crippen LogP contribution in [0.4, 0.5) is 5.69 Å². The molecule has 3 rings (SSSR count). The lowest BCUT2D eigenvalue weighted by Crippen LogP contribution is -2.59. The molecule has 2 aliphatic heterocycles. The molecule has 1 aromatic rings. The van der Waals surface area contributed by atoms with Gasteiger partial charge in [-0.3, -0.25) is 14.4 Å². The average Bonchev–Trinajstić information content (AvgIpc) is 2.61. The second-order valence-electron chi connectivity index (χ2n) is 6.71. The first-order chi connectivity index (χ1) is 11.9. The van der Waals surface area contributed by atoms with Gasteiger partial charge in [0.05, 0.1) is 12.2 Å². The minimum absolute atomic E-state index is 0.133. The Balaban J connectivity index is 1.65. The van der Waals surface area contributed by atoms with Gasteiger partial charge in [-0.05, 0) is 50.8 Å². The molecule has 0 radical (unpaired) electrons. The number of hydrogen-bond acceptors (Lipinski definition) is 4. The molecule has 134 valence electrons. The average molecular weight is 345 g/mol. The first kappa shape index (κ1) is 17.3. The van der Waals surface area contributed by atoms with Gasteiger partial charge in [-0.15, -0.1) is 0 Å². The molecule has 0 aromatic heterocycles. The summed E-state index contributed by atoms with van der Waals surface area (Å²) in [5.41, 5.74) is -0.188. The molecule has 1 fully saturated rings. The number of nitrogens with one attached hydrogen (secondary N) is 2. The third-order valence-electron chi connectivity index (χ3n) is 4.67. The highest BCUT2D eigenvalue weighted by atomic mass is 16.5. The van der Waals surface area contributed by atoms with E-state index in [1.807, 2.05) is 13.0 Å². The second-order valence-corrected chi connectivity index (χ2v) is 6.71. The van der Waals surface area contributed by atoms with Crippen molar-refractivity contribution in [3.63, 3.8) is 0 Å². The van der Waals surface area contributed by atoms with Crippen LogP contribution < -0.4 is 15.4 Å².